The van der Waals surface area contributed by atoms with E-state index in [0.29, 0.717) is 36.3 Å². The summed E-state index contributed by atoms with van der Waals surface area (Å²) in [5, 5.41) is 0. The van der Waals surface area contributed by atoms with Crippen LogP contribution in [0.5, 0.6) is 0 Å². The summed E-state index contributed by atoms with van der Waals surface area (Å²) in [5.41, 5.74) is 4.56. The number of hydrogen-bond acceptors (Lipinski definition) is 6. The van der Waals surface area contributed by atoms with Gasteiger partial charge in [-0.3, -0.25) is 9.59 Å². The molecule has 0 aromatic heterocycles. The zero-order valence-corrected chi connectivity index (χ0v) is 26.9. The van der Waals surface area contributed by atoms with Crippen molar-refractivity contribution in [3.63, 3.8) is 0 Å². The highest BCUT2D eigenvalue weighted by Gasteiger charge is 2.28. The van der Waals surface area contributed by atoms with E-state index in [-0.39, 0.29) is 18.8 Å². The standard InChI is InChI=1S/C37H49FO6/c1-6-7-8-10-26-12-14-27(15-13-26)30-19-20-32(34(38)24-30)31-17-16-28(18-21-33(36(40)42-4)37(41)43-5)29(23-31)11-9-22-44-35(39)25(2)3/h16-17,19-20,23-24,26-27,33H,2,6-15,18,21-22H2,1,3-5H3. The second kappa shape index (κ2) is 17.7. The smallest absolute Gasteiger partial charge is 0.333 e. The molecule has 0 heterocycles. The lowest BCUT2D eigenvalue weighted by molar-refractivity contribution is -0.159. The number of benzene rings is 2. The second-order valence-electron chi connectivity index (χ2n) is 12.1. The third-order valence-electron chi connectivity index (χ3n) is 8.89. The number of carbonyl (C=O) groups excluding carboxylic acids is 3. The van der Waals surface area contributed by atoms with Crippen LogP contribution < -0.4 is 0 Å². The lowest BCUT2D eigenvalue weighted by Crippen LogP contribution is -2.27. The van der Waals surface area contributed by atoms with Gasteiger partial charge < -0.3 is 14.2 Å². The highest BCUT2D eigenvalue weighted by Crippen LogP contribution is 2.39. The van der Waals surface area contributed by atoms with Crippen LogP contribution in [0.1, 0.15) is 101 Å². The predicted molar refractivity (Wildman–Crippen MR) is 171 cm³/mol. The third kappa shape index (κ3) is 10.0. The quantitative estimate of drug-likeness (QED) is 0.0627. The molecule has 0 saturated heterocycles. The Morgan fingerprint density at radius 3 is 2.23 bits per heavy atom. The molecule has 2 aromatic rings. The molecule has 3 rings (SSSR count). The molecule has 0 radical (unpaired) electrons. The normalized spacial score (nSPS) is 16.4. The molecule has 0 bridgehead atoms. The molecular weight excluding hydrogens is 559 g/mol. The van der Waals surface area contributed by atoms with E-state index in [4.69, 9.17) is 14.2 Å². The first-order valence-electron chi connectivity index (χ1n) is 16.1. The highest BCUT2D eigenvalue weighted by atomic mass is 19.1. The summed E-state index contributed by atoms with van der Waals surface area (Å²) in [5.74, 6) is -1.80. The van der Waals surface area contributed by atoms with E-state index in [2.05, 4.69) is 19.6 Å². The summed E-state index contributed by atoms with van der Waals surface area (Å²) in [6.45, 7) is 7.66. The maximum atomic E-state index is 15.6. The van der Waals surface area contributed by atoms with Crippen LogP contribution in [0.25, 0.3) is 11.1 Å². The van der Waals surface area contributed by atoms with E-state index in [1.54, 1.807) is 13.0 Å². The molecular formula is C37H49FO6. The summed E-state index contributed by atoms with van der Waals surface area (Å²) >= 11 is 0. The van der Waals surface area contributed by atoms with Gasteiger partial charge in [-0.05, 0) is 98.4 Å². The van der Waals surface area contributed by atoms with E-state index < -0.39 is 23.8 Å². The number of esters is 3. The molecule has 0 aliphatic heterocycles. The van der Waals surface area contributed by atoms with Crippen LogP contribution in [0.3, 0.4) is 0 Å². The summed E-state index contributed by atoms with van der Waals surface area (Å²) in [4.78, 5) is 36.3. The Bertz CT molecular complexity index is 1260. The van der Waals surface area contributed by atoms with Crippen molar-refractivity contribution in [2.24, 2.45) is 11.8 Å². The average molecular weight is 609 g/mol. The topological polar surface area (TPSA) is 78.9 Å². The summed E-state index contributed by atoms with van der Waals surface area (Å²) in [6.07, 6.45) is 11.6. The molecule has 2 aromatic carbocycles. The molecule has 0 unspecified atom stereocenters. The zero-order valence-electron chi connectivity index (χ0n) is 26.9. The van der Waals surface area contributed by atoms with Gasteiger partial charge >= 0.3 is 17.9 Å². The monoisotopic (exact) mass is 608 g/mol. The first-order valence-corrected chi connectivity index (χ1v) is 16.1. The molecule has 44 heavy (non-hydrogen) atoms. The number of unbranched alkanes of at least 4 members (excludes halogenated alkanes) is 2. The molecule has 0 spiro atoms. The van der Waals surface area contributed by atoms with Crippen LogP contribution in [0.15, 0.2) is 48.6 Å². The molecule has 1 saturated carbocycles. The van der Waals surface area contributed by atoms with Crippen LogP contribution >= 0.6 is 0 Å². The van der Waals surface area contributed by atoms with E-state index in [9.17, 15) is 14.4 Å². The van der Waals surface area contributed by atoms with Gasteiger partial charge in [0, 0.05) is 11.1 Å². The minimum atomic E-state index is -1.04. The van der Waals surface area contributed by atoms with Crippen molar-refractivity contribution < 1.29 is 33.0 Å². The van der Waals surface area contributed by atoms with Gasteiger partial charge in [-0.15, -0.1) is 0 Å². The molecule has 1 aliphatic carbocycles. The molecule has 1 aliphatic rings. The molecule has 0 N–H and O–H groups in total. The minimum Gasteiger partial charge on any atom is -0.468 e. The van der Waals surface area contributed by atoms with Crippen LogP contribution in [-0.2, 0) is 41.4 Å². The van der Waals surface area contributed by atoms with E-state index in [0.717, 1.165) is 41.0 Å². The second-order valence-corrected chi connectivity index (χ2v) is 12.1. The van der Waals surface area contributed by atoms with E-state index >= 15 is 4.39 Å². The minimum absolute atomic E-state index is 0.209. The lowest BCUT2D eigenvalue weighted by Gasteiger charge is -2.29. The first-order chi connectivity index (χ1) is 21.2. The van der Waals surface area contributed by atoms with Gasteiger partial charge in [0.05, 0.1) is 20.8 Å². The van der Waals surface area contributed by atoms with Crippen molar-refractivity contribution in [1.82, 2.24) is 0 Å². The van der Waals surface area contributed by atoms with Gasteiger partial charge in [0.2, 0.25) is 0 Å². The molecule has 6 nitrogen and oxygen atoms in total. The van der Waals surface area contributed by atoms with Crippen molar-refractivity contribution in [2.45, 2.75) is 96.8 Å². The van der Waals surface area contributed by atoms with Crippen LogP contribution in [-0.4, -0.2) is 38.7 Å². The van der Waals surface area contributed by atoms with Crippen LogP contribution in [0, 0.1) is 17.7 Å². The Kier molecular flexibility index (Phi) is 14.1. The van der Waals surface area contributed by atoms with Crippen molar-refractivity contribution in [1.29, 1.82) is 0 Å². The van der Waals surface area contributed by atoms with Crippen molar-refractivity contribution in [2.75, 3.05) is 20.8 Å². The van der Waals surface area contributed by atoms with Gasteiger partial charge in [0.1, 0.15) is 5.82 Å². The van der Waals surface area contributed by atoms with E-state index in [1.165, 1.54) is 52.7 Å². The predicted octanol–water partition coefficient (Wildman–Crippen LogP) is 8.29. The number of aryl methyl sites for hydroxylation is 2. The Morgan fingerprint density at radius 2 is 1.61 bits per heavy atom. The number of methoxy groups -OCH3 is 2. The zero-order chi connectivity index (χ0) is 32.1. The Morgan fingerprint density at radius 1 is 0.909 bits per heavy atom. The van der Waals surface area contributed by atoms with Gasteiger partial charge in [-0.25, -0.2) is 9.18 Å². The largest absolute Gasteiger partial charge is 0.468 e. The van der Waals surface area contributed by atoms with Gasteiger partial charge in [0.25, 0.3) is 0 Å². The fraction of sp³-hybridized carbons (Fsp3) is 0.541. The SMILES string of the molecule is C=C(C)C(=O)OCCCc1cc(-c2ccc(C3CCC(CCCCC)CC3)cc2F)ccc1CCC(C(=O)OC)C(=O)OC. The third-order valence-corrected chi connectivity index (χ3v) is 8.89. The van der Waals surface area contributed by atoms with Gasteiger partial charge in [-0.2, -0.15) is 0 Å². The summed E-state index contributed by atoms with van der Waals surface area (Å²) in [6, 6.07) is 11.4. The molecule has 0 atom stereocenters. The fourth-order valence-electron chi connectivity index (χ4n) is 6.22. The van der Waals surface area contributed by atoms with Crippen molar-refractivity contribution in [3.05, 3.63) is 71.1 Å². The maximum absolute atomic E-state index is 15.6. The lowest BCUT2D eigenvalue weighted by atomic mass is 9.77. The average Bonchev–Trinajstić information content (AvgIpc) is 3.03. The Labute approximate surface area is 262 Å². The van der Waals surface area contributed by atoms with Gasteiger partial charge in [-0.1, -0.05) is 69.5 Å². The summed E-state index contributed by atoms with van der Waals surface area (Å²) < 4.78 is 30.5. The molecule has 1 fully saturated rings. The highest BCUT2D eigenvalue weighted by molar-refractivity contribution is 5.94. The number of carbonyl (C=O) groups is 3. The number of rotatable bonds is 16. The Balaban J connectivity index is 1.77. The number of halogens is 1. The van der Waals surface area contributed by atoms with Crippen molar-refractivity contribution >= 4 is 17.9 Å². The molecule has 0 amide bonds. The van der Waals surface area contributed by atoms with E-state index in [1.807, 2.05) is 24.3 Å². The molecule has 7 heteroatoms. The first kappa shape index (κ1) is 35.0. The van der Waals surface area contributed by atoms with Crippen molar-refractivity contribution in [3.8, 4) is 11.1 Å². The maximum Gasteiger partial charge on any atom is 0.333 e. The fourth-order valence-corrected chi connectivity index (χ4v) is 6.22. The summed E-state index contributed by atoms with van der Waals surface area (Å²) in [7, 11) is 2.48. The van der Waals surface area contributed by atoms with Crippen LogP contribution in [0.4, 0.5) is 4.39 Å². The Hall–Kier alpha value is -3.48. The van der Waals surface area contributed by atoms with Gasteiger partial charge in [0.15, 0.2) is 5.92 Å². The number of ether oxygens (including phenoxy) is 3. The van der Waals surface area contributed by atoms with Crippen LogP contribution in [0.2, 0.25) is 0 Å². The molecule has 240 valence electrons. The number of hydrogen-bond donors (Lipinski definition) is 0.